The fraction of sp³-hybridized carbons (Fsp3) is 0.150. The average Bonchev–Trinajstić information content (AvgIpc) is 3.11. The molecule has 9 nitrogen and oxygen atoms in total. The van der Waals surface area contributed by atoms with Gasteiger partial charge in [0.1, 0.15) is 5.76 Å². The van der Waals surface area contributed by atoms with Crippen LogP contribution in [0.3, 0.4) is 0 Å². The molecule has 1 amide bonds. The number of hydrogen-bond acceptors (Lipinski definition) is 7. The highest BCUT2D eigenvalue weighted by Gasteiger charge is 2.25. The van der Waals surface area contributed by atoms with Crippen LogP contribution in [0.4, 0.5) is 11.4 Å². The Morgan fingerprint density at radius 1 is 1.23 bits per heavy atom. The molecule has 0 aliphatic heterocycles. The van der Waals surface area contributed by atoms with Gasteiger partial charge in [-0.15, -0.1) is 0 Å². The van der Waals surface area contributed by atoms with Gasteiger partial charge in [-0.2, -0.15) is 0 Å². The van der Waals surface area contributed by atoms with Crippen molar-refractivity contribution in [3.63, 3.8) is 0 Å². The molecule has 0 bridgehead atoms. The summed E-state index contributed by atoms with van der Waals surface area (Å²) in [6.45, 7) is 2.94. The first-order chi connectivity index (χ1) is 14.3. The molecule has 0 unspecified atom stereocenters. The van der Waals surface area contributed by atoms with Gasteiger partial charge in [0.2, 0.25) is 5.89 Å². The van der Waals surface area contributed by atoms with Crippen molar-refractivity contribution in [2.45, 2.75) is 20.0 Å². The molecular weight excluding hydrogens is 414 g/mol. The number of nitro benzene ring substituents is 1. The van der Waals surface area contributed by atoms with E-state index in [0.717, 1.165) is 6.07 Å². The van der Waals surface area contributed by atoms with Crippen molar-refractivity contribution in [1.82, 2.24) is 4.98 Å². The number of ether oxygens (including phenoxy) is 1. The average molecular weight is 430 g/mol. The minimum absolute atomic E-state index is 0.0177. The van der Waals surface area contributed by atoms with Crippen LogP contribution in [0.5, 0.6) is 0 Å². The van der Waals surface area contributed by atoms with Crippen LogP contribution in [0, 0.1) is 17.0 Å². The molecule has 3 aromatic rings. The first-order valence-electron chi connectivity index (χ1n) is 8.75. The fourth-order valence-electron chi connectivity index (χ4n) is 2.51. The molecule has 0 aliphatic rings. The number of anilines is 1. The third-order valence-corrected chi connectivity index (χ3v) is 4.40. The number of carbonyl (C=O) groups is 2. The molecule has 0 aliphatic carbocycles. The van der Waals surface area contributed by atoms with Crippen LogP contribution in [0.25, 0.3) is 11.5 Å². The van der Waals surface area contributed by atoms with Crippen molar-refractivity contribution < 1.29 is 23.7 Å². The SMILES string of the molecule is Cc1oc(-c2ccccc2)nc1C(=O)O[C@@H](C)C(=O)Nc1ccc([N+](=O)[O-])cc1Cl. The van der Waals surface area contributed by atoms with Gasteiger partial charge in [0, 0.05) is 17.7 Å². The molecule has 1 atom stereocenters. The Kier molecular flexibility index (Phi) is 6.12. The van der Waals surface area contributed by atoms with Crippen molar-refractivity contribution in [3.05, 3.63) is 75.1 Å². The number of oxazole rings is 1. The van der Waals surface area contributed by atoms with Gasteiger partial charge in [-0.25, -0.2) is 9.78 Å². The number of esters is 1. The van der Waals surface area contributed by atoms with Gasteiger partial charge >= 0.3 is 5.97 Å². The van der Waals surface area contributed by atoms with Crippen LogP contribution >= 0.6 is 11.6 Å². The Morgan fingerprint density at radius 2 is 1.93 bits per heavy atom. The molecule has 0 radical (unpaired) electrons. The smallest absolute Gasteiger partial charge is 0.361 e. The topological polar surface area (TPSA) is 125 Å². The van der Waals surface area contributed by atoms with E-state index in [1.807, 2.05) is 18.2 Å². The number of nitrogens with one attached hydrogen (secondary N) is 1. The first kappa shape index (κ1) is 21.0. The molecule has 2 aromatic carbocycles. The van der Waals surface area contributed by atoms with Gasteiger partial charge in [0.05, 0.1) is 15.6 Å². The highest BCUT2D eigenvalue weighted by molar-refractivity contribution is 6.34. The number of rotatable bonds is 6. The third kappa shape index (κ3) is 4.64. The van der Waals surface area contributed by atoms with Gasteiger partial charge in [-0.1, -0.05) is 29.8 Å². The number of nitro groups is 1. The van der Waals surface area contributed by atoms with Crippen molar-refractivity contribution >= 4 is 34.9 Å². The zero-order chi connectivity index (χ0) is 21.8. The van der Waals surface area contributed by atoms with Crippen molar-refractivity contribution in [1.29, 1.82) is 0 Å². The lowest BCUT2D eigenvalue weighted by molar-refractivity contribution is -0.384. The molecule has 0 saturated heterocycles. The predicted molar refractivity (Wildman–Crippen MR) is 108 cm³/mol. The van der Waals surface area contributed by atoms with Gasteiger partial charge in [0.25, 0.3) is 11.6 Å². The minimum Gasteiger partial charge on any atom is -0.448 e. The standard InChI is InChI=1S/C20H16ClN3O6/c1-11-17(23-19(29-11)13-6-4-3-5-7-13)20(26)30-12(2)18(25)22-16-9-8-14(24(27)28)10-15(16)21/h3-10,12H,1-2H3,(H,22,25)/t12-/m0/s1. The van der Waals surface area contributed by atoms with Gasteiger partial charge in [-0.05, 0) is 32.0 Å². The summed E-state index contributed by atoms with van der Waals surface area (Å²) in [5.74, 6) is -0.973. The van der Waals surface area contributed by atoms with Crippen LogP contribution in [0.1, 0.15) is 23.2 Å². The lowest BCUT2D eigenvalue weighted by atomic mass is 10.2. The fourth-order valence-corrected chi connectivity index (χ4v) is 2.74. The molecule has 30 heavy (non-hydrogen) atoms. The monoisotopic (exact) mass is 429 g/mol. The molecule has 3 rings (SSSR count). The summed E-state index contributed by atoms with van der Waals surface area (Å²) in [4.78, 5) is 39.1. The van der Waals surface area contributed by atoms with Crippen LogP contribution in [-0.2, 0) is 9.53 Å². The number of nitrogens with zero attached hydrogens (tertiary/aromatic N) is 2. The normalized spacial score (nSPS) is 11.6. The third-order valence-electron chi connectivity index (χ3n) is 4.09. The number of non-ortho nitro benzene ring substituents is 1. The first-order valence-corrected chi connectivity index (χ1v) is 9.12. The Bertz CT molecular complexity index is 1110. The maximum Gasteiger partial charge on any atom is 0.361 e. The Morgan fingerprint density at radius 3 is 2.57 bits per heavy atom. The van der Waals surface area contributed by atoms with E-state index in [9.17, 15) is 19.7 Å². The second-order valence-electron chi connectivity index (χ2n) is 6.25. The molecule has 1 aromatic heterocycles. The summed E-state index contributed by atoms with van der Waals surface area (Å²) in [5.41, 5.74) is 0.590. The van der Waals surface area contributed by atoms with Crippen LogP contribution in [0.2, 0.25) is 5.02 Å². The van der Waals surface area contributed by atoms with E-state index in [-0.39, 0.29) is 33.7 Å². The highest BCUT2D eigenvalue weighted by Crippen LogP contribution is 2.27. The van der Waals surface area contributed by atoms with E-state index >= 15 is 0 Å². The van der Waals surface area contributed by atoms with Crippen molar-refractivity contribution in [3.8, 4) is 11.5 Å². The number of benzene rings is 2. The second kappa shape index (κ2) is 8.75. The zero-order valence-electron chi connectivity index (χ0n) is 15.9. The van der Waals surface area contributed by atoms with Crippen LogP contribution in [-0.4, -0.2) is 27.9 Å². The number of amides is 1. The van der Waals surface area contributed by atoms with Crippen molar-refractivity contribution in [2.24, 2.45) is 0 Å². The van der Waals surface area contributed by atoms with Gasteiger partial charge in [-0.3, -0.25) is 14.9 Å². The molecule has 1 heterocycles. The number of hydrogen-bond donors (Lipinski definition) is 1. The highest BCUT2D eigenvalue weighted by atomic mass is 35.5. The molecule has 10 heteroatoms. The Hall–Kier alpha value is -3.72. The number of aromatic nitrogens is 1. The lowest BCUT2D eigenvalue weighted by Gasteiger charge is -2.13. The summed E-state index contributed by atoms with van der Waals surface area (Å²) < 4.78 is 10.7. The van der Waals surface area contributed by atoms with E-state index in [1.54, 1.807) is 19.1 Å². The minimum atomic E-state index is -1.18. The molecule has 154 valence electrons. The lowest BCUT2D eigenvalue weighted by Crippen LogP contribution is -2.30. The maximum atomic E-state index is 12.4. The quantitative estimate of drug-likeness (QED) is 0.350. The summed E-state index contributed by atoms with van der Waals surface area (Å²) in [6, 6.07) is 12.6. The van der Waals surface area contributed by atoms with Gasteiger partial charge in [0.15, 0.2) is 11.8 Å². The van der Waals surface area contributed by atoms with Crippen LogP contribution in [0.15, 0.2) is 52.9 Å². The van der Waals surface area contributed by atoms with E-state index in [4.69, 9.17) is 20.8 Å². The zero-order valence-corrected chi connectivity index (χ0v) is 16.7. The summed E-state index contributed by atoms with van der Waals surface area (Å²) >= 11 is 5.96. The Balaban J connectivity index is 1.68. The predicted octanol–water partition coefficient (Wildman–Crippen LogP) is 4.40. The molecule has 1 N–H and O–H groups in total. The van der Waals surface area contributed by atoms with E-state index in [1.165, 1.54) is 19.1 Å². The molecule has 0 spiro atoms. The van der Waals surface area contributed by atoms with Gasteiger partial charge < -0.3 is 14.5 Å². The summed E-state index contributed by atoms with van der Waals surface area (Å²) in [7, 11) is 0. The van der Waals surface area contributed by atoms with Crippen molar-refractivity contribution in [2.75, 3.05) is 5.32 Å². The second-order valence-corrected chi connectivity index (χ2v) is 6.66. The largest absolute Gasteiger partial charge is 0.448 e. The number of carbonyl (C=O) groups excluding carboxylic acids is 2. The summed E-state index contributed by atoms with van der Waals surface area (Å²) in [5, 5.41) is 13.2. The van der Waals surface area contributed by atoms with E-state index in [2.05, 4.69) is 10.3 Å². The Labute approximate surface area is 175 Å². The summed E-state index contributed by atoms with van der Waals surface area (Å²) in [6.07, 6.45) is -1.18. The number of aryl methyl sites for hydroxylation is 1. The molecular formula is C20H16ClN3O6. The van der Waals surface area contributed by atoms with Crippen LogP contribution < -0.4 is 5.32 Å². The van der Waals surface area contributed by atoms with E-state index in [0.29, 0.717) is 5.56 Å². The number of halogens is 1. The maximum absolute atomic E-state index is 12.4. The van der Waals surface area contributed by atoms with E-state index < -0.39 is 22.9 Å². The molecule has 0 fully saturated rings. The molecule has 0 saturated carbocycles.